The molecule has 0 unspecified atom stereocenters. The van der Waals surface area contributed by atoms with Gasteiger partial charge < -0.3 is 10.1 Å². The van der Waals surface area contributed by atoms with Gasteiger partial charge in [-0.3, -0.25) is 0 Å². The van der Waals surface area contributed by atoms with Crippen molar-refractivity contribution in [2.24, 2.45) is 0 Å². The van der Waals surface area contributed by atoms with Crippen molar-refractivity contribution in [3.63, 3.8) is 0 Å². The van der Waals surface area contributed by atoms with E-state index in [-0.39, 0.29) is 5.82 Å². The summed E-state index contributed by atoms with van der Waals surface area (Å²) in [4.78, 5) is 0. The normalized spacial score (nSPS) is 10.5. The van der Waals surface area contributed by atoms with Gasteiger partial charge in [0.1, 0.15) is 17.3 Å². The van der Waals surface area contributed by atoms with Gasteiger partial charge in [-0.1, -0.05) is 17.7 Å². The molecule has 19 heavy (non-hydrogen) atoms. The zero-order valence-electron chi connectivity index (χ0n) is 10.8. The lowest BCUT2D eigenvalue weighted by Crippen LogP contribution is -2.06. The highest BCUT2D eigenvalue weighted by molar-refractivity contribution is 6.30. The summed E-state index contributed by atoms with van der Waals surface area (Å²) in [6, 6.07) is 9.87. The number of aryl methyl sites for hydroxylation is 1. The number of nitrogens with one attached hydrogen (secondary N) is 1. The van der Waals surface area contributed by atoms with Crippen molar-refractivity contribution in [2.45, 2.75) is 13.5 Å². The van der Waals surface area contributed by atoms with Crippen molar-refractivity contribution in [3.8, 4) is 11.5 Å². The second-order valence-corrected chi connectivity index (χ2v) is 4.73. The summed E-state index contributed by atoms with van der Waals surface area (Å²) in [5, 5.41) is 3.70. The molecule has 100 valence electrons. The minimum atomic E-state index is -0.315. The first-order chi connectivity index (χ1) is 9.10. The average Bonchev–Trinajstić information content (AvgIpc) is 2.37. The van der Waals surface area contributed by atoms with E-state index in [1.807, 2.05) is 20.0 Å². The molecule has 4 heteroatoms. The third kappa shape index (κ3) is 3.46. The van der Waals surface area contributed by atoms with Gasteiger partial charge >= 0.3 is 0 Å². The van der Waals surface area contributed by atoms with E-state index in [2.05, 4.69) is 5.32 Å². The number of rotatable bonds is 4. The van der Waals surface area contributed by atoms with Gasteiger partial charge in [0, 0.05) is 23.2 Å². The molecule has 0 bridgehead atoms. The Morgan fingerprint density at radius 3 is 2.68 bits per heavy atom. The van der Waals surface area contributed by atoms with Crippen LogP contribution in [0.5, 0.6) is 11.5 Å². The molecule has 1 N–H and O–H groups in total. The van der Waals surface area contributed by atoms with Crippen molar-refractivity contribution >= 4 is 11.6 Å². The topological polar surface area (TPSA) is 21.3 Å². The number of benzene rings is 2. The van der Waals surface area contributed by atoms with E-state index in [0.29, 0.717) is 23.1 Å². The largest absolute Gasteiger partial charge is 0.457 e. The smallest absolute Gasteiger partial charge is 0.133 e. The predicted molar refractivity (Wildman–Crippen MR) is 75.4 cm³/mol. The summed E-state index contributed by atoms with van der Waals surface area (Å²) in [5.41, 5.74) is 1.81. The third-order valence-electron chi connectivity index (χ3n) is 2.76. The highest BCUT2D eigenvalue weighted by Gasteiger charge is 2.08. The molecule has 0 aromatic heterocycles. The summed E-state index contributed by atoms with van der Waals surface area (Å²) < 4.78 is 19.0. The first-order valence-corrected chi connectivity index (χ1v) is 6.35. The van der Waals surface area contributed by atoms with Gasteiger partial charge in [0.25, 0.3) is 0 Å². The lowest BCUT2D eigenvalue weighted by atomic mass is 10.2. The van der Waals surface area contributed by atoms with Crippen molar-refractivity contribution in [3.05, 3.63) is 58.4 Å². The van der Waals surface area contributed by atoms with Crippen molar-refractivity contribution in [1.82, 2.24) is 5.32 Å². The second kappa shape index (κ2) is 6.04. The Bertz CT molecular complexity index is 586. The zero-order chi connectivity index (χ0) is 13.8. The number of halogens is 2. The molecule has 2 aromatic carbocycles. The molecule has 0 atom stereocenters. The summed E-state index contributed by atoms with van der Waals surface area (Å²) in [7, 11) is 1.85. The van der Waals surface area contributed by atoms with E-state index < -0.39 is 0 Å². The van der Waals surface area contributed by atoms with Crippen LogP contribution in [0.15, 0.2) is 36.4 Å². The van der Waals surface area contributed by atoms with E-state index >= 15 is 0 Å². The molecule has 2 aromatic rings. The average molecular weight is 280 g/mol. The first-order valence-electron chi connectivity index (χ1n) is 5.97. The zero-order valence-corrected chi connectivity index (χ0v) is 11.6. The number of ether oxygens (including phenoxy) is 1. The molecule has 0 saturated carbocycles. The van der Waals surface area contributed by atoms with Crippen molar-refractivity contribution in [2.75, 3.05) is 7.05 Å². The standard InChI is InChI=1S/C15H15ClFNO/c1-10-3-5-13(17)8-15(10)19-14-6-4-12(16)7-11(14)9-18-2/h3-8,18H,9H2,1-2H3. The molecule has 0 aliphatic rings. The van der Waals surface area contributed by atoms with Crippen molar-refractivity contribution < 1.29 is 9.13 Å². The SMILES string of the molecule is CNCc1cc(Cl)ccc1Oc1cc(F)ccc1C. The van der Waals surface area contributed by atoms with Gasteiger partial charge in [-0.2, -0.15) is 0 Å². The Balaban J connectivity index is 2.34. The van der Waals surface area contributed by atoms with Crippen LogP contribution in [0.4, 0.5) is 4.39 Å². The highest BCUT2D eigenvalue weighted by atomic mass is 35.5. The first kappa shape index (κ1) is 13.8. The summed E-state index contributed by atoms with van der Waals surface area (Å²) >= 11 is 5.97. The minimum absolute atomic E-state index is 0.315. The van der Waals surface area contributed by atoms with Crippen LogP contribution >= 0.6 is 11.6 Å². The van der Waals surface area contributed by atoms with Crippen LogP contribution in [-0.4, -0.2) is 7.05 Å². The summed E-state index contributed by atoms with van der Waals surface area (Å²) in [6.45, 7) is 2.51. The van der Waals surface area contributed by atoms with Crippen molar-refractivity contribution in [1.29, 1.82) is 0 Å². The number of hydrogen-bond acceptors (Lipinski definition) is 2. The highest BCUT2D eigenvalue weighted by Crippen LogP contribution is 2.30. The quantitative estimate of drug-likeness (QED) is 0.901. The third-order valence-corrected chi connectivity index (χ3v) is 2.99. The van der Waals surface area contributed by atoms with Gasteiger partial charge in [0.05, 0.1) is 0 Å². The maximum atomic E-state index is 13.2. The van der Waals surface area contributed by atoms with Gasteiger partial charge in [-0.25, -0.2) is 4.39 Å². The van der Waals surface area contributed by atoms with Gasteiger partial charge in [-0.15, -0.1) is 0 Å². The molecule has 0 aliphatic carbocycles. The second-order valence-electron chi connectivity index (χ2n) is 4.29. The Morgan fingerprint density at radius 1 is 1.16 bits per heavy atom. The lowest BCUT2D eigenvalue weighted by molar-refractivity contribution is 0.465. The molecule has 0 saturated heterocycles. The van der Waals surface area contributed by atoms with E-state index in [1.54, 1.807) is 18.2 Å². The van der Waals surface area contributed by atoms with Gasteiger partial charge in [-0.05, 0) is 43.8 Å². The number of hydrogen-bond donors (Lipinski definition) is 1. The maximum absolute atomic E-state index is 13.2. The molecule has 0 aliphatic heterocycles. The van der Waals surface area contributed by atoms with Gasteiger partial charge in [0.2, 0.25) is 0 Å². The van der Waals surface area contributed by atoms with Crippen LogP contribution in [0.2, 0.25) is 5.02 Å². The van der Waals surface area contributed by atoms with Crippen LogP contribution in [-0.2, 0) is 6.54 Å². The van der Waals surface area contributed by atoms with Crippen LogP contribution < -0.4 is 10.1 Å². The molecule has 0 fully saturated rings. The fraction of sp³-hybridized carbons (Fsp3) is 0.200. The summed E-state index contributed by atoms with van der Waals surface area (Å²) in [5.74, 6) is 0.872. The van der Waals surface area contributed by atoms with E-state index in [9.17, 15) is 4.39 Å². The van der Waals surface area contributed by atoms with Crippen LogP contribution in [0.1, 0.15) is 11.1 Å². The fourth-order valence-corrected chi connectivity index (χ4v) is 1.97. The Hall–Kier alpha value is -1.58. The molecule has 2 rings (SSSR count). The fourth-order valence-electron chi connectivity index (χ4n) is 1.78. The van der Waals surface area contributed by atoms with E-state index in [4.69, 9.17) is 16.3 Å². The molecule has 0 radical (unpaired) electrons. The molecular formula is C15H15ClFNO. The molecule has 0 amide bonds. The lowest BCUT2D eigenvalue weighted by Gasteiger charge is -2.13. The summed E-state index contributed by atoms with van der Waals surface area (Å²) in [6.07, 6.45) is 0. The molecular weight excluding hydrogens is 265 g/mol. The molecule has 2 nitrogen and oxygen atoms in total. The van der Waals surface area contributed by atoms with Crippen LogP contribution in [0, 0.1) is 12.7 Å². The van der Waals surface area contributed by atoms with E-state index in [0.717, 1.165) is 11.1 Å². The Kier molecular flexibility index (Phi) is 4.40. The predicted octanol–water partition coefficient (Wildman–Crippen LogP) is 4.30. The Morgan fingerprint density at radius 2 is 1.95 bits per heavy atom. The van der Waals surface area contributed by atoms with E-state index in [1.165, 1.54) is 12.1 Å². The Labute approximate surface area is 117 Å². The monoisotopic (exact) mass is 279 g/mol. The maximum Gasteiger partial charge on any atom is 0.133 e. The van der Waals surface area contributed by atoms with Crippen LogP contribution in [0.25, 0.3) is 0 Å². The minimum Gasteiger partial charge on any atom is -0.457 e. The van der Waals surface area contributed by atoms with Crippen LogP contribution in [0.3, 0.4) is 0 Å². The molecule has 0 spiro atoms. The molecule has 0 heterocycles. The van der Waals surface area contributed by atoms with Gasteiger partial charge in [0.15, 0.2) is 0 Å².